The van der Waals surface area contributed by atoms with Crippen LogP contribution in [0, 0.1) is 23.7 Å². The molecule has 0 heterocycles. The second kappa shape index (κ2) is 6.18. The van der Waals surface area contributed by atoms with Crippen molar-refractivity contribution in [2.45, 2.75) is 32.1 Å². The van der Waals surface area contributed by atoms with Crippen molar-refractivity contribution in [3.63, 3.8) is 0 Å². The van der Waals surface area contributed by atoms with E-state index < -0.39 is 5.92 Å². The highest BCUT2D eigenvalue weighted by Crippen LogP contribution is 2.59. The fourth-order valence-corrected chi connectivity index (χ4v) is 4.01. The number of rotatable bonds is 6. The normalized spacial score (nSPS) is 31.5. The number of hydrogen-bond acceptors (Lipinski definition) is 3. The van der Waals surface area contributed by atoms with Crippen LogP contribution in [0.5, 0.6) is 0 Å². The summed E-state index contributed by atoms with van der Waals surface area (Å²) in [6, 6.07) is 9.38. The predicted octanol–water partition coefficient (Wildman–Crippen LogP) is 2.99. The lowest BCUT2D eigenvalue weighted by Gasteiger charge is -2.18. The number of esters is 1. The Kier molecular flexibility index (Phi) is 4.29. The van der Waals surface area contributed by atoms with E-state index in [1.165, 1.54) is 19.3 Å². The van der Waals surface area contributed by atoms with Crippen molar-refractivity contribution in [3.05, 3.63) is 35.9 Å². The summed E-state index contributed by atoms with van der Waals surface area (Å²) in [4.78, 5) is 12.2. The van der Waals surface area contributed by atoms with E-state index in [2.05, 4.69) is 6.92 Å². The second-order valence-corrected chi connectivity index (χ2v) is 6.50. The quantitative estimate of drug-likeness (QED) is 0.819. The maximum absolute atomic E-state index is 12.2. The van der Waals surface area contributed by atoms with Crippen molar-refractivity contribution in [1.29, 1.82) is 0 Å². The highest BCUT2D eigenvalue weighted by Gasteiger charge is 2.53. The molecule has 0 aromatic heterocycles. The van der Waals surface area contributed by atoms with E-state index in [0.717, 1.165) is 23.3 Å². The first-order chi connectivity index (χ1) is 10.2. The summed E-state index contributed by atoms with van der Waals surface area (Å²) in [5.74, 6) is 2.21. The fourth-order valence-electron chi connectivity index (χ4n) is 4.01. The van der Waals surface area contributed by atoms with Crippen LogP contribution in [0.1, 0.15) is 37.7 Å². The first kappa shape index (κ1) is 14.6. The maximum Gasteiger partial charge on any atom is 0.315 e. The number of hydrogen-bond donors (Lipinski definition) is 1. The molecule has 0 amide bonds. The van der Waals surface area contributed by atoms with Gasteiger partial charge < -0.3 is 9.84 Å². The molecule has 2 aliphatic rings. The number of benzene rings is 1. The molecule has 2 saturated carbocycles. The van der Waals surface area contributed by atoms with Crippen molar-refractivity contribution < 1.29 is 14.6 Å². The molecule has 3 rings (SSSR count). The van der Waals surface area contributed by atoms with E-state index in [4.69, 9.17) is 4.74 Å². The molecule has 2 aliphatic carbocycles. The third-order valence-corrected chi connectivity index (χ3v) is 5.34. The fraction of sp³-hybridized carbons (Fsp3) is 0.611. The van der Waals surface area contributed by atoms with Gasteiger partial charge >= 0.3 is 5.97 Å². The van der Waals surface area contributed by atoms with Crippen LogP contribution in [0.15, 0.2) is 30.3 Å². The molecule has 0 bridgehead atoms. The Labute approximate surface area is 126 Å². The lowest BCUT2D eigenvalue weighted by Crippen LogP contribution is -2.22. The average Bonchev–Trinajstić information content (AvgIpc) is 3.23. The van der Waals surface area contributed by atoms with E-state index in [0.29, 0.717) is 12.5 Å². The molecule has 3 nitrogen and oxygen atoms in total. The van der Waals surface area contributed by atoms with Crippen molar-refractivity contribution in [2.75, 3.05) is 13.2 Å². The molecule has 3 unspecified atom stereocenters. The Morgan fingerprint density at radius 1 is 1.24 bits per heavy atom. The topological polar surface area (TPSA) is 46.5 Å². The van der Waals surface area contributed by atoms with Crippen LogP contribution >= 0.6 is 0 Å². The van der Waals surface area contributed by atoms with Crippen LogP contribution in [0.25, 0.3) is 0 Å². The molecule has 1 N–H and O–H groups in total. The number of fused-ring (bicyclic) bond motifs is 1. The van der Waals surface area contributed by atoms with Gasteiger partial charge in [0.05, 0.1) is 13.2 Å². The predicted molar refractivity (Wildman–Crippen MR) is 80.7 cm³/mol. The van der Waals surface area contributed by atoms with E-state index >= 15 is 0 Å². The Bertz CT molecular complexity index is 484. The maximum atomic E-state index is 12.2. The molecule has 0 aliphatic heterocycles. The summed E-state index contributed by atoms with van der Waals surface area (Å²) in [7, 11) is 0. The minimum Gasteiger partial charge on any atom is -0.465 e. The van der Waals surface area contributed by atoms with Gasteiger partial charge in [0.15, 0.2) is 0 Å². The van der Waals surface area contributed by atoms with Crippen LogP contribution in [0.4, 0.5) is 0 Å². The van der Waals surface area contributed by atoms with Gasteiger partial charge in [-0.15, -0.1) is 0 Å². The van der Waals surface area contributed by atoms with Crippen LogP contribution in [-0.2, 0) is 9.53 Å². The molecule has 2 fully saturated rings. The number of carbonyl (C=O) groups excluding carboxylic acids is 1. The molecule has 0 spiro atoms. The first-order valence-corrected chi connectivity index (χ1v) is 8.07. The molecular formula is C18H24O3. The smallest absolute Gasteiger partial charge is 0.315 e. The average molecular weight is 288 g/mol. The largest absolute Gasteiger partial charge is 0.465 e. The number of ether oxygens (including phenoxy) is 1. The van der Waals surface area contributed by atoms with Gasteiger partial charge in [0.1, 0.15) is 5.92 Å². The minimum absolute atomic E-state index is 0.197. The zero-order chi connectivity index (χ0) is 14.8. The van der Waals surface area contributed by atoms with Gasteiger partial charge in [-0.25, -0.2) is 0 Å². The van der Waals surface area contributed by atoms with Crippen LogP contribution in [-0.4, -0.2) is 24.3 Å². The van der Waals surface area contributed by atoms with Gasteiger partial charge in [-0.05, 0) is 42.1 Å². The number of carbonyl (C=O) groups is 1. The molecule has 0 radical (unpaired) electrons. The molecule has 1 aromatic carbocycles. The van der Waals surface area contributed by atoms with E-state index in [1.807, 2.05) is 30.3 Å². The number of aliphatic hydroxyl groups excluding tert-OH is 1. The van der Waals surface area contributed by atoms with Gasteiger partial charge in [0.25, 0.3) is 0 Å². The SMILES string of the molecule is CCC1CC(COC(=O)[C@H](CO)c2ccccc2)C2C[C@H]12. The Morgan fingerprint density at radius 3 is 2.57 bits per heavy atom. The summed E-state index contributed by atoms with van der Waals surface area (Å²) in [6.45, 7) is 2.59. The third-order valence-electron chi connectivity index (χ3n) is 5.34. The summed E-state index contributed by atoms with van der Waals surface area (Å²) < 4.78 is 5.52. The lowest BCUT2D eigenvalue weighted by atomic mass is 9.96. The molecule has 1 aromatic rings. The van der Waals surface area contributed by atoms with E-state index in [1.54, 1.807) is 0 Å². The van der Waals surface area contributed by atoms with Gasteiger partial charge in [0.2, 0.25) is 0 Å². The van der Waals surface area contributed by atoms with Gasteiger partial charge in [0, 0.05) is 0 Å². The van der Waals surface area contributed by atoms with Gasteiger partial charge in [-0.2, -0.15) is 0 Å². The molecular weight excluding hydrogens is 264 g/mol. The van der Waals surface area contributed by atoms with E-state index in [9.17, 15) is 9.90 Å². The van der Waals surface area contributed by atoms with Crippen LogP contribution in [0.2, 0.25) is 0 Å². The lowest BCUT2D eigenvalue weighted by molar-refractivity contribution is -0.148. The summed E-state index contributed by atoms with van der Waals surface area (Å²) in [6.07, 6.45) is 3.77. The second-order valence-electron chi connectivity index (χ2n) is 6.50. The van der Waals surface area contributed by atoms with Crippen molar-refractivity contribution in [2.24, 2.45) is 23.7 Å². The van der Waals surface area contributed by atoms with Gasteiger partial charge in [-0.3, -0.25) is 4.79 Å². The standard InChI is InChI=1S/C18H24O3/c1-2-12-8-14(16-9-15(12)16)11-21-18(20)17(10-19)13-6-4-3-5-7-13/h3-7,12,14-17,19H,2,8-11H2,1H3/t12?,14?,15-,16?,17-/m1/s1. The van der Waals surface area contributed by atoms with Crippen molar-refractivity contribution in [1.82, 2.24) is 0 Å². The molecule has 21 heavy (non-hydrogen) atoms. The molecule has 114 valence electrons. The monoisotopic (exact) mass is 288 g/mol. The highest BCUT2D eigenvalue weighted by molar-refractivity contribution is 5.78. The molecule has 5 atom stereocenters. The van der Waals surface area contributed by atoms with Crippen molar-refractivity contribution in [3.8, 4) is 0 Å². The highest BCUT2D eigenvalue weighted by atomic mass is 16.5. The number of aliphatic hydroxyl groups is 1. The molecule has 0 saturated heterocycles. The zero-order valence-electron chi connectivity index (χ0n) is 12.6. The Morgan fingerprint density at radius 2 is 1.95 bits per heavy atom. The van der Waals surface area contributed by atoms with Crippen molar-refractivity contribution >= 4 is 5.97 Å². The summed E-state index contributed by atoms with van der Waals surface area (Å²) in [5.41, 5.74) is 0.826. The van der Waals surface area contributed by atoms with Crippen LogP contribution < -0.4 is 0 Å². The Balaban J connectivity index is 1.54. The minimum atomic E-state index is -0.551. The van der Waals surface area contributed by atoms with Crippen LogP contribution in [0.3, 0.4) is 0 Å². The zero-order valence-corrected chi connectivity index (χ0v) is 12.6. The van der Waals surface area contributed by atoms with E-state index in [-0.39, 0.29) is 12.6 Å². The summed E-state index contributed by atoms with van der Waals surface area (Å²) in [5, 5.41) is 9.48. The first-order valence-electron chi connectivity index (χ1n) is 8.07. The Hall–Kier alpha value is -1.35. The summed E-state index contributed by atoms with van der Waals surface area (Å²) >= 11 is 0. The molecule has 3 heteroatoms. The third kappa shape index (κ3) is 2.98. The van der Waals surface area contributed by atoms with Gasteiger partial charge in [-0.1, -0.05) is 43.7 Å².